The number of amides is 1. The minimum Gasteiger partial charge on any atom is -0.349 e. The Morgan fingerprint density at radius 2 is 2.10 bits per heavy atom. The highest BCUT2D eigenvalue weighted by atomic mass is 32.2. The molecule has 1 saturated heterocycles. The third-order valence-corrected chi connectivity index (χ3v) is 7.66. The van der Waals surface area contributed by atoms with Gasteiger partial charge in [-0.2, -0.15) is 14.5 Å². The van der Waals surface area contributed by atoms with Crippen LogP contribution in [0.2, 0.25) is 0 Å². The van der Waals surface area contributed by atoms with Crippen LogP contribution in [0.3, 0.4) is 0 Å². The van der Waals surface area contributed by atoms with Crippen LogP contribution in [0, 0.1) is 19.8 Å². The zero-order valence-electron chi connectivity index (χ0n) is 17.7. The van der Waals surface area contributed by atoms with Gasteiger partial charge in [-0.1, -0.05) is 0 Å². The van der Waals surface area contributed by atoms with Crippen molar-refractivity contribution in [3.63, 3.8) is 0 Å². The van der Waals surface area contributed by atoms with E-state index in [0.717, 1.165) is 17.8 Å². The number of rotatable bonds is 6. The summed E-state index contributed by atoms with van der Waals surface area (Å²) in [7, 11) is -1.96. The molecule has 10 heteroatoms. The normalized spacial score (nSPS) is 19.3. The van der Waals surface area contributed by atoms with Crippen molar-refractivity contribution in [2.45, 2.75) is 58.0 Å². The van der Waals surface area contributed by atoms with E-state index in [-0.39, 0.29) is 29.3 Å². The van der Waals surface area contributed by atoms with Gasteiger partial charge in [0, 0.05) is 38.4 Å². The Balaban J connectivity index is 1.70. The van der Waals surface area contributed by atoms with E-state index in [1.54, 1.807) is 18.7 Å². The second-order valence-electron chi connectivity index (χ2n) is 7.68. The van der Waals surface area contributed by atoms with Crippen LogP contribution in [0.15, 0.2) is 17.3 Å². The van der Waals surface area contributed by atoms with E-state index in [9.17, 15) is 13.2 Å². The second kappa shape index (κ2) is 8.27. The monoisotopic (exact) mass is 422 g/mol. The Morgan fingerprint density at radius 3 is 2.69 bits per heavy atom. The number of hydrogen-bond donors (Lipinski definition) is 1. The molecule has 1 aliphatic rings. The number of piperidine rings is 1. The fraction of sp³-hybridized carbons (Fsp3) is 0.632. The van der Waals surface area contributed by atoms with E-state index < -0.39 is 10.0 Å². The Kier molecular flexibility index (Phi) is 6.13. The van der Waals surface area contributed by atoms with Crippen molar-refractivity contribution in [2.75, 3.05) is 13.1 Å². The van der Waals surface area contributed by atoms with Crippen LogP contribution in [0.25, 0.3) is 0 Å². The molecule has 0 saturated carbocycles. The summed E-state index contributed by atoms with van der Waals surface area (Å²) in [5, 5.41) is 11.5. The predicted octanol–water partition coefficient (Wildman–Crippen LogP) is 1.53. The average Bonchev–Trinajstić information content (AvgIpc) is 3.24. The summed E-state index contributed by atoms with van der Waals surface area (Å²) in [4.78, 5) is 13.1. The summed E-state index contributed by atoms with van der Waals surface area (Å²) < 4.78 is 30.9. The number of carbonyl (C=O) groups excluding carboxylic acids is 1. The van der Waals surface area contributed by atoms with E-state index in [2.05, 4.69) is 15.5 Å². The van der Waals surface area contributed by atoms with Crippen LogP contribution in [0.4, 0.5) is 0 Å². The van der Waals surface area contributed by atoms with Gasteiger partial charge in [-0.05, 0) is 40.5 Å². The molecule has 1 aliphatic heterocycles. The number of aryl methyl sites for hydroxylation is 3. The van der Waals surface area contributed by atoms with Crippen molar-refractivity contribution in [3.05, 3.63) is 29.3 Å². The van der Waals surface area contributed by atoms with Crippen molar-refractivity contribution in [1.29, 1.82) is 0 Å². The number of aromatic nitrogens is 4. The molecule has 1 N–H and O–H groups in total. The largest absolute Gasteiger partial charge is 0.349 e. The molecule has 160 valence electrons. The van der Waals surface area contributed by atoms with Crippen LogP contribution < -0.4 is 5.32 Å². The van der Waals surface area contributed by atoms with Crippen LogP contribution in [0.5, 0.6) is 0 Å². The molecule has 2 atom stereocenters. The first kappa shape index (κ1) is 21.5. The van der Waals surface area contributed by atoms with Crippen molar-refractivity contribution in [3.8, 4) is 0 Å². The van der Waals surface area contributed by atoms with Gasteiger partial charge >= 0.3 is 0 Å². The lowest BCUT2D eigenvalue weighted by Crippen LogP contribution is -2.45. The van der Waals surface area contributed by atoms with Crippen LogP contribution in [-0.2, 0) is 28.4 Å². The topological polar surface area (TPSA) is 102 Å². The third kappa shape index (κ3) is 4.23. The van der Waals surface area contributed by atoms with Gasteiger partial charge in [-0.3, -0.25) is 14.2 Å². The van der Waals surface area contributed by atoms with Gasteiger partial charge < -0.3 is 5.32 Å². The zero-order valence-corrected chi connectivity index (χ0v) is 18.5. The number of carbonyl (C=O) groups is 1. The lowest BCUT2D eigenvalue weighted by molar-refractivity contribution is -0.126. The number of sulfonamides is 1. The lowest BCUT2D eigenvalue weighted by Gasteiger charge is -2.31. The summed E-state index contributed by atoms with van der Waals surface area (Å²) in [5.74, 6) is -0.497. The maximum atomic E-state index is 13.0. The summed E-state index contributed by atoms with van der Waals surface area (Å²) in [5.41, 5.74) is 2.46. The Hall–Kier alpha value is -2.20. The highest BCUT2D eigenvalue weighted by molar-refractivity contribution is 7.89. The first-order chi connectivity index (χ1) is 13.6. The van der Waals surface area contributed by atoms with Gasteiger partial charge in [-0.25, -0.2) is 8.42 Å². The van der Waals surface area contributed by atoms with Gasteiger partial charge in [0.05, 0.1) is 29.5 Å². The minimum atomic E-state index is -3.67. The Bertz CT molecular complexity index is 994. The van der Waals surface area contributed by atoms with Crippen molar-refractivity contribution in [1.82, 2.24) is 29.2 Å². The van der Waals surface area contributed by atoms with Crippen molar-refractivity contribution >= 4 is 15.9 Å². The van der Waals surface area contributed by atoms with Gasteiger partial charge in [0.2, 0.25) is 15.9 Å². The zero-order chi connectivity index (χ0) is 21.3. The average molecular weight is 423 g/mol. The maximum absolute atomic E-state index is 13.0. The van der Waals surface area contributed by atoms with Gasteiger partial charge in [0.25, 0.3) is 0 Å². The molecular weight excluding hydrogens is 392 g/mol. The fourth-order valence-corrected chi connectivity index (χ4v) is 5.48. The van der Waals surface area contributed by atoms with E-state index in [1.165, 1.54) is 10.5 Å². The molecule has 2 aromatic rings. The van der Waals surface area contributed by atoms with Crippen molar-refractivity contribution in [2.24, 2.45) is 13.0 Å². The molecule has 3 rings (SSSR count). The van der Waals surface area contributed by atoms with Crippen LogP contribution in [-0.4, -0.2) is 51.3 Å². The maximum Gasteiger partial charge on any atom is 0.246 e. The molecule has 0 unspecified atom stereocenters. The molecule has 9 nitrogen and oxygen atoms in total. The summed E-state index contributed by atoms with van der Waals surface area (Å²) in [6.45, 7) is 8.97. The minimum absolute atomic E-state index is 0.121. The third-order valence-electron chi connectivity index (χ3n) is 5.70. The number of hydrogen-bond acceptors (Lipinski definition) is 5. The summed E-state index contributed by atoms with van der Waals surface area (Å²) in [6, 6.07) is -0.185. The van der Waals surface area contributed by atoms with Gasteiger partial charge in [0.1, 0.15) is 4.90 Å². The molecule has 0 bridgehead atoms. The standard InChI is InChI=1S/C19H30N6O3S/c1-6-24-12-17(14(3)22-24)13(2)21-19(26)16-8-7-9-25(11-16)29(27,28)18-10-20-23(5)15(18)4/h10,12-13,16H,6-9,11H2,1-5H3,(H,21,26)/t13-,16+/m1/s1. The first-order valence-corrected chi connectivity index (χ1v) is 11.4. The number of nitrogens with one attached hydrogen (secondary N) is 1. The SMILES string of the molecule is CCn1cc([C@@H](C)NC(=O)[C@H]2CCCN(S(=O)(=O)c3cnn(C)c3C)C2)c(C)n1. The van der Waals surface area contributed by atoms with Crippen LogP contribution in [0.1, 0.15) is 49.7 Å². The molecule has 1 amide bonds. The van der Waals surface area contributed by atoms with E-state index in [4.69, 9.17) is 0 Å². The molecule has 2 aromatic heterocycles. The van der Waals surface area contributed by atoms with E-state index >= 15 is 0 Å². The lowest BCUT2D eigenvalue weighted by atomic mass is 9.98. The Morgan fingerprint density at radius 1 is 1.38 bits per heavy atom. The quantitative estimate of drug-likeness (QED) is 0.761. The highest BCUT2D eigenvalue weighted by Gasteiger charge is 2.35. The molecule has 29 heavy (non-hydrogen) atoms. The molecule has 0 aliphatic carbocycles. The predicted molar refractivity (Wildman–Crippen MR) is 109 cm³/mol. The van der Waals surface area contributed by atoms with Gasteiger partial charge in [-0.15, -0.1) is 0 Å². The second-order valence-corrected chi connectivity index (χ2v) is 9.58. The molecular formula is C19H30N6O3S. The summed E-state index contributed by atoms with van der Waals surface area (Å²) >= 11 is 0. The van der Waals surface area contributed by atoms with E-state index in [1.807, 2.05) is 31.6 Å². The highest BCUT2D eigenvalue weighted by Crippen LogP contribution is 2.26. The van der Waals surface area contributed by atoms with Crippen LogP contribution >= 0.6 is 0 Å². The summed E-state index contributed by atoms with van der Waals surface area (Å²) in [6.07, 6.45) is 4.65. The molecule has 0 aromatic carbocycles. The first-order valence-electron chi connectivity index (χ1n) is 9.98. The Labute approximate surface area is 172 Å². The van der Waals surface area contributed by atoms with E-state index in [0.29, 0.717) is 25.1 Å². The fourth-order valence-electron chi connectivity index (χ4n) is 3.77. The smallest absolute Gasteiger partial charge is 0.246 e. The molecule has 3 heterocycles. The number of nitrogens with zero attached hydrogens (tertiary/aromatic N) is 5. The molecule has 0 spiro atoms. The molecule has 1 fully saturated rings. The van der Waals surface area contributed by atoms with Gasteiger partial charge in [0.15, 0.2) is 0 Å². The molecule has 0 radical (unpaired) electrons. The van der Waals surface area contributed by atoms with Crippen molar-refractivity contribution < 1.29 is 13.2 Å².